The topological polar surface area (TPSA) is 88.6 Å². The fourth-order valence-electron chi connectivity index (χ4n) is 3.14. The van der Waals surface area contributed by atoms with Crippen molar-refractivity contribution in [3.05, 3.63) is 16.1 Å². The first-order valence-electron chi connectivity index (χ1n) is 7.03. The van der Waals surface area contributed by atoms with E-state index in [9.17, 15) is 13.2 Å². The van der Waals surface area contributed by atoms with Crippen LogP contribution in [-0.4, -0.2) is 63.3 Å². The molecule has 122 valence electrons. The molecule has 2 fully saturated rings. The van der Waals surface area contributed by atoms with Crippen molar-refractivity contribution in [3.8, 4) is 0 Å². The van der Waals surface area contributed by atoms with E-state index in [4.69, 9.17) is 4.74 Å². The Balaban J connectivity index is 1.74. The van der Waals surface area contributed by atoms with Crippen LogP contribution in [0.1, 0.15) is 15.5 Å². The van der Waals surface area contributed by atoms with Crippen molar-refractivity contribution in [2.75, 3.05) is 39.1 Å². The lowest BCUT2D eigenvalue weighted by atomic mass is 9.81. The van der Waals surface area contributed by atoms with Crippen LogP contribution in [0.4, 0.5) is 0 Å². The van der Waals surface area contributed by atoms with Crippen molar-refractivity contribution in [2.24, 2.45) is 11.3 Å². The van der Waals surface area contributed by atoms with E-state index in [0.717, 1.165) is 11.3 Å². The summed E-state index contributed by atoms with van der Waals surface area (Å²) in [5, 5.41) is 2.63. The van der Waals surface area contributed by atoms with Crippen LogP contribution < -0.4 is 4.72 Å². The minimum Gasteiger partial charge on any atom is -0.380 e. The quantitative estimate of drug-likeness (QED) is 0.835. The molecule has 0 saturated carbocycles. The number of nitrogens with zero attached hydrogens (tertiary/aromatic N) is 2. The van der Waals surface area contributed by atoms with Gasteiger partial charge in [0.2, 0.25) is 10.0 Å². The number of ether oxygens (including phenoxy) is 1. The molecule has 0 unspecified atom stereocenters. The van der Waals surface area contributed by atoms with Crippen molar-refractivity contribution in [2.45, 2.75) is 6.92 Å². The van der Waals surface area contributed by atoms with Gasteiger partial charge in [-0.3, -0.25) is 4.79 Å². The molecule has 0 bridgehead atoms. The van der Waals surface area contributed by atoms with Gasteiger partial charge in [0.25, 0.3) is 5.91 Å². The monoisotopic (exact) mass is 345 g/mol. The highest BCUT2D eigenvalue weighted by Crippen LogP contribution is 2.41. The third-order valence-corrected chi connectivity index (χ3v) is 5.78. The molecule has 7 nitrogen and oxygen atoms in total. The van der Waals surface area contributed by atoms with Gasteiger partial charge in [0.15, 0.2) is 0 Å². The van der Waals surface area contributed by atoms with E-state index in [1.54, 1.807) is 10.3 Å². The number of likely N-dealkylation sites (tertiary alicyclic amines) is 1. The van der Waals surface area contributed by atoms with Crippen molar-refractivity contribution >= 4 is 27.3 Å². The molecule has 2 aliphatic heterocycles. The number of thiazole rings is 1. The maximum absolute atomic E-state index is 12.5. The summed E-state index contributed by atoms with van der Waals surface area (Å²) in [6.45, 7) is 4.28. The number of hydrogen-bond donors (Lipinski definition) is 1. The predicted molar refractivity (Wildman–Crippen MR) is 82.3 cm³/mol. The molecule has 1 aromatic rings. The first-order valence-corrected chi connectivity index (χ1v) is 9.80. The summed E-state index contributed by atoms with van der Waals surface area (Å²) in [5.74, 6) is 0.0721. The third kappa shape index (κ3) is 3.03. The van der Waals surface area contributed by atoms with Gasteiger partial charge in [0.05, 0.1) is 24.5 Å². The first-order chi connectivity index (χ1) is 10.3. The molecular formula is C13H19N3O4S2. The summed E-state index contributed by atoms with van der Waals surface area (Å²) < 4.78 is 30.8. The number of fused-ring (bicyclic) bond motifs is 1. The molecule has 3 rings (SSSR count). The Morgan fingerprint density at radius 1 is 1.64 bits per heavy atom. The lowest BCUT2D eigenvalue weighted by Gasteiger charge is -2.26. The largest absolute Gasteiger partial charge is 0.380 e. The second-order valence-corrected chi connectivity index (χ2v) is 9.00. The summed E-state index contributed by atoms with van der Waals surface area (Å²) in [4.78, 5) is 18.5. The Hall–Kier alpha value is -1.03. The van der Waals surface area contributed by atoms with Crippen LogP contribution in [0.5, 0.6) is 0 Å². The van der Waals surface area contributed by atoms with Crippen LogP contribution in [0.15, 0.2) is 5.38 Å². The van der Waals surface area contributed by atoms with E-state index < -0.39 is 10.0 Å². The average molecular weight is 345 g/mol. The molecule has 0 spiro atoms. The Morgan fingerprint density at radius 3 is 3.05 bits per heavy atom. The molecular weight excluding hydrogens is 326 g/mol. The summed E-state index contributed by atoms with van der Waals surface area (Å²) in [7, 11) is -3.26. The lowest BCUT2D eigenvalue weighted by Crippen LogP contribution is -2.43. The van der Waals surface area contributed by atoms with Crippen molar-refractivity contribution in [1.82, 2.24) is 14.6 Å². The number of aromatic nitrogens is 1. The Labute approximate surface area is 133 Å². The fraction of sp³-hybridized carbons (Fsp3) is 0.692. The average Bonchev–Trinajstić information content (AvgIpc) is 3.08. The van der Waals surface area contributed by atoms with Crippen LogP contribution in [0.3, 0.4) is 0 Å². The van der Waals surface area contributed by atoms with Gasteiger partial charge in [-0.25, -0.2) is 18.1 Å². The van der Waals surface area contributed by atoms with Gasteiger partial charge >= 0.3 is 0 Å². The van der Waals surface area contributed by atoms with Gasteiger partial charge in [-0.15, -0.1) is 11.3 Å². The number of carbonyl (C=O) groups excluding carboxylic acids is 1. The van der Waals surface area contributed by atoms with Gasteiger partial charge in [-0.1, -0.05) is 0 Å². The maximum Gasteiger partial charge on any atom is 0.273 e. The van der Waals surface area contributed by atoms with E-state index in [2.05, 4.69) is 9.71 Å². The number of amides is 1. The van der Waals surface area contributed by atoms with Crippen LogP contribution >= 0.6 is 11.3 Å². The zero-order valence-corrected chi connectivity index (χ0v) is 14.2. The number of aryl methyl sites for hydroxylation is 1. The van der Waals surface area contributed by atoms with Gasteiger partial charge in [-0.05, 0) is 6.92 Å². The fourth-order valence-corrected chi connectivity index (χ4v) is 4.27. The molecule has 1 N–H and O–H groups in total. The van der Waals surface area contributed by atoms with Crippen molar-refractivity contribution in [3.63, 3.8) is 0 Å². The van der Waals surface area contributed by atoms with E-state index in [-0.39, 0.29) is 17.2 Å². The van der Waals surface area contributed by atoms with Gasteiger partial charge < -0.3 is 9.64 Å². The molecule has 1 amide bonds. The minimum absolute atomic E-state index is 0.0857. The number of carbonyl (C=O) groups is 1. The minimum atomic E-state index is -3.26. The molecule has 0 aliphatic carbocycles. The van der Waals surface area contributed by atoms with E-state index in [1.165, 1.54) is 11.3 Å². The van der Waals surface area contributed by atoms with E-state index >= 15 is 0 Å². The van der Waals surface area contributed by atoms with Gasteiger partial charge in [0, 0.05) is 36.3 Å². The molecule has 2 aliphatic rings. The zero-order chi connectivity index (χ0) is 16.0. The zero-order valence-electron chi connectivity index (χ0n) is 12.5. The standard InChI is InChI=1S/C13H19N3O4S2/c1-9-15-11(5-21-9)12(17)16-3-10-4-20-8-13(10,7-16)6-14-22(2,18)19/h5,10,14H,3-4,6-8H2,1-2H3/t10-,13+/m1/s1. The number of nitrogens with one attached hydrogen (secondary N) is 1. The number of rotatable bonds is 4. The Kier molecular flexibility index (Phi) is 4.00. The smallest absolute Gasteiger partial charge is 0.273 e. The van der Waals surface area contributed by atoms with Crippen LogP contribution in [0.25, 0.3) is 0 Å². The highest BCUT2D eigenvalue weighted by Gasteiger charge is 2.52. The molecule has 22 heavy (non-hydrogen) atoms. The molecule has 1 aromatic heterocycles. The van der Waals surface area contributed by atoms with Crippen LogP contribution in [0.2, 0.25) is 0 Å². The Morgan fingerprint density at radius 2 is 2.41 bits per heavy atom. The predicted octanol–water partition coefficient (Wildman–Crippen LogP) is 0.0893. The summed E-state index contributed by atoms with van der Waals surface area (Å²) in [6, 6.07) is 0. The molecule has 3 heterocycles. The number of sulfonamides is 1. The molecule has 2 saturated heterocycles. The van der Waals surface area contributed by atoms with E-state index in [0.29, 0.717) is 38.5 Å². The summed E-state index contributed by atoms with van der Waals surface area (Å²) >= 11 is 1.45. The third-order valence-electron chi connectivity index (χ3n) is 4.33. The highest BCUT2D eigenvalue weighted by molar-refractivity contribution is 7.88. The van der Waals surface area contributed by atoms with Crippen molar-refractivity contribution < 1.29 is 17.9 Å². The van der Waals surface area contributed by atoms with E-state index in [1.807, 2.05) is 6.92 Å². The second-order valence-electron chi connectivity index (χ2n) is 6.11. The van der Waals surface area contributed by atoms with Crippen LogP contribution in [0, 0.1) is 18.3 Å². The Bertz CT molecular complexity index is 687. The van der Waals surface area contributed by atoms with Crippen molar-refractivity contribution in [1.29, 1.82) is 0 Å². The summed E-state index contributed by atoms with van der Waals surface area (Å²) in [5.41, 5.74) is 0.138. The second kappa shape index (κ2) is 5.55. The first kappa shape index (κ1) is 15.9. The number of hydrogen-bond acceptors (Lipinski definition) is 6. The van der Waals surface area contributed by atoms with Crippen LogP contribution in [-0.2, 0) is 14.8 Å². The summed E-state index contributed by atoms with van der Waals surface area (Å²) in [6.07, 6.45) is 1.14. The normalized spacial score (nSPS) is 28.1. The lowest BCUT2D eigenvalue weighted by molar-refractivity contribution is 0.0716. The highest BCUT2D eigenvalue weighted by atomic mass is 32.2. The van der Waals surface area contributed by atoms with Gasteiger partial charge in [0.1, 0.15) is 5.69 Å². The SMILES string of the molecule is Cc1nc(C(=O)N2C[C@@H]3COC[C@]3(CNS(C)(=O)=O)C2)cs1. The molecule has 0 aromatic carbocycles. The molecule has 9 heteroatoms. The van der Waals surface area contributed by atoms with Gasteiger partial charge in [-0.2, -0.15) is 0 Å². The molecule has 0 radical (unpaired) electrons. The molecule has 2 atom stereocenters. The maximum atomic E-state index is 12.5.